The van der Waals surface area contributed by atoms with Crippen molar-refractivity contribution in [1.82, 2.24) is 19.9 Å². The van der Waals surface area contributed by atoms with Gasteiger partial charge >= 0.3 is 6.03 Å². The van der Waals surface area contributed by atoms with Crippen molar-refractivity contribution in [2.24, 2.45) is 11.8 Å². The Morgan fingerprint density at radius 3 is 2.78 bits per heavy atom. The van der Waals surface area contributed by atoms with E-state index in [0.29, 0.717) is 40.7 Å². The van der Waals surface area contributed by atoms with Crippen LogP contribution in [-0.2, 0) is 0 Å². The van der Waals surface area contributed by atoms with Gasteiger partial charge in [-0.3, -0.25) is 4.79 Å². The zero-order chi connectivity index (χ0) is 26.0. The van der Waals surface area contributed by atoms with Crippen molar-refractivity contribution in [2.45, 2.75) is 52.7 Å². The molecule has 0 aromatic carbocycles. The van der Waals surface area contributed by atoms with E-state index in [4.69, 9.17) is 9.26 Å². The molecule has 0 radical (unpaired) electrons. The van der Waals surface area contributed by atoms with Crippen LogP contribution in [0.3, 0.4) is 0 Å². The number of hydrogen-bond donors (Lipinski definition) is 2. The Hall–Kier alpha value is -3.58. The first kappa shape index (κ1) is 25.5. The van der Waals surface area contributed by atoms with Gasteiger partial charge in [-0.1, -0.05) is 23.9 Å². The predicted molar refractivity (Wildman–Crippen MR) is 133 cm³/mol. The van der Waals surface area contributed by atoms with Crippen LogP contribution in [0, 0.1) is 37.5 Å². The van der Waals surface area contributed by atoms with Crippen LogP contribution in [0.1, 0.15) is 54.1 Å². The van der Waals surface area contributed by atoms with Gasteiger partial charge in [-0.2, -0.15) is 0 Å². The minimum Gasteiger partial charge on any atom is -0.472 e. The maximum Gasteiger partial charge on any atom is 0.321 e. The second kappa shape index (κ2) is 10.6. The van der Waals surface area contributed by atoms with Crippen LogP contribution in [0.4, 0.5) is 10.5 Å². The number of urea groups is 1. The number of pyridine rings is 1. The van der Waals surface area contributed by atoms with Crippen LogP contribution in [0.2, 0.25) is 0 Å². The van der Waals surface area contributed by atoms with Gasteiger partial charge in [-0.05, 0) is 39.7 Å². The van der Waals surface area contributed by atoms with Gasteiger partial charge in [-0.25, -0.2) is 9.78 Å². The normalized spacial score (nSPS) is 20.3. The highest BCUT2D eigenvalue weighted by atomic mass is 16.5. The first-order valence-electron chi connectivity index (χ1n) is 12.2. The third-order valence-electron chi connectivity index (χ3n) is 6.58. The molecule has 4 rings (SSSR count). The Balaban J connectivity index is 1.59. The Morgan fingerprint density at radius 2 is 2.14 bits per heavy atom. The number of hydrogen-bond acceptors (Lipinski definition) is 7. The number of carbonyl (C=O) groups excluding carboxylic acids is 2. The van der Waals surface area contributed by atoms with E-state index >= 15 is 0 Å². The third kappa shape index (κ3) is 5.62. The van der Waals surface area contributed by atoms with E-state index in [-0.39, 0.29) is 36.9 Å². The van der Waals surface area contributed by atoms with E-state index in [1.165, 1.54) is 4.90 Å². The van der Waals surface area contributed by atoms with Gasteiger partial charge in [0.05, 0.1) is 19.2 Å². The highest BCUT2D eigenvalue weighted by Gasteiger charge is 2.35. The van der Waals surface area contributed by atoms with Gasteiger partial charge in [0, 0.05) is 37.2 Å². The van der Waals surface area contributed by atoms with Crippen molar-refractivity contribution in [1.29, 1.82) is 0 Å². The standard InChI is InChI=1S/C26H33N5O5/c1-15-12-31(16(2)14-32)25(33)21-10-20(9-8-19-6-7-19)11-27-24(21)35-22(15)13-30(5)26(34)28-23-17(3)29-36-18(23)4/h10-11,15-16,19,22,32H,6-7,12-14H2,1-5H3,(H,28,34)/t15-,16-,22+/m1/s1. The van der Waals surface area contributed by atoms with Crippen LogP contribution in [0.5, 0.6) is 5.88 Å². The lowest BCUT2D eigenvalue weighted by molar-refractivity contribution is 0.0356. The molecule has 2 aliphatic rings. The lowest BCUT2D eigenvalue weighted by atomic mass is 10.00. The molecule has 192 valence electrons. The summed E-state index contributed by atoms with van der Waals surface area (Å²) in [6.07, 6.45) is 3.36. The molecule has 36 heavy (non-hydrogen) atoms. The number of rotatable bonds is 5. The highest BCUT2D eigenvalue weighted by molar-refractivity contribution is 5.97. The smallest absolute Gasteiger partial charge is 0.321 e. The number of fused-ring (bicyclic) bond motifs is 1. The molecule has 3 amide bonds. The summed E-state index contributed by atoms with van der Waals surface area (Å²) >= 11 is 0. The van der Waals surface area contributed by atoms with Gasteiger partial charge in [0.25, 0.3) is 5.91 Å². The number of likely N-dealkylation sites (N-methyl/N-ethyl adjacent to an activating group) is 1. The fourth-order valence-electron chi connectivity index (χ4n) is 4.02. The summed E-state index contributed by atoms with van der Waals surface area (Å²) < 4.78 is 11.4. The summed E-state index contributed by atoms with van der Waals surface area (Å²) in [4.78, 5) is 34.0. The Morgan fingerprint density at radius 1 is 1.39 bits per heavy atom. The van der Waals surface area contributed by atoms with Crippen molar-refractivity contribution >= 4 is 17.6 Å². The van der Waals surface area contributed by atoms with E-state index in [2.05, 4.69) is 27.3 Å². The van der Waals surface area contributed by atoms with Gasteiger partial charge in [0.1, 0.15) is 23.0 Å². The van der Waals surface area contributed by atoms with Crippen molar-refractivity contribution < 1.29 is 24.0 Å². The van der Waals surface area contributed by atoms with Crippen molar-refractivity contribution in [3.63, 3.8) is 0 Å². The molecule has 3 atom stereocenters. The lowest BCUT2D eigenvalue weighted by Gasteiger charge is -2.37. The number of nitrogens with one attached hydrogen (secondary N) is 1. The number of amides is 3. The van der Waals surface area contributed by atoms with E-state index < -0.39 is 12.1 Å². The molecule has 1 aliphatic carbocycles. The number of aryl methyl sites for hydroxylation is 2. The quantitative estimate of drug-likeness (QED) is 0.612. The number of aliphatic hydroxyl groups excluding tert-OH is 1. The zero-order valence-electron chi connectivity index (χ0n) is 21.4. The Bertz CT molecular complexity index is 1180. The molecule has 2 aromatic rings. The molecule has 0 unspecified atom stereocenters. The molecule has 1 fully saturated rings. The van der Waals surface area contributed by atoms with E-state index in [0.717, 1.165) is 12.8 Å². The molecule has 2 N–H and O–H groups in total. The SMILES string of the molecule is Cc1noc(C)c1NC(=O)N(C)C[C@@H]1Oc2ncc(C#CC3CC3)cc2C(=O)N([C@H](C)CO)C[C@H]1C. The van der Waals surface area contributed by atoms with Gasteiger partial charge in [0.15, 0.2) is 5.76 Å². The largest absolute Gasteiger partial charge is 0.472 e. The fourth-order valence-corrected chi connectivity index (χ4v) is 4.02. The monoisotopic (exact) mass is 495 g/mol. The first-order valence-corrected chi connectivity index (χ1v) is 12.2. The number of carbonyl (C=O) groups is 2. The molecule has 1 saturated carbocycles. The molecular formula is C26H33N5O5. The third-order valence-corrected chi connectivity index (χ3v) is 6.58. The summed E-state index contributed by atoms with van der Waals surface area (Å²) in [7, 11) is 1.67. The molecule has 10 heteroatoms. The van der Waals surface area contributed by atoms with Crippen molar-refractivity contribution in [3.8, 4) is 17.7 Å². The highest BCUT2D eigenvalue weighted by Crippen LogP contribution is 2.29. The van der Waals surface area contributed by atoms with E-state index in [1.54, 1.807) is 45.0 Å². The van der Waals surface area contributed by atoms with Gasteiger partial charge in [-0.15, -0.1) is 0 Å². The summed E-state index contributed by atoms with van der Waals surface area (Å²) in [5.74, 6) is 7.02. The number of aliphatic hydroxyl groups is 1. The van der Waals surface area contributed by atoms with Crippen LogP contribution < -0.4 is 10.1 Å². The topological polar surface area (TPSA) is 121 Å². The number of nitrogens with zero attached hydrogens (tertiary/aromatic N) is 4. The minimum atomic E-state index is -0.457. The molecule has 3 heterocycles. The minimum absolute atomic E-state index is 0.151. The summed E-state index contributed by atoms with van der Waals surface area (Å²) in [5.41, 5.74) is 2.09. The van der Waals surface area contributed by atoms with Crippen LogP contribution >= 0.6 is 0 Å². The molecule has 1 aliphatic heterocycles. The molecule has 0 spiro atoms. The maximum atomic E-state index is 13.5. The maximum absolute atomic E-state index is 13.5. The van der Waals surface area contributed by atoms with Gasteiger partial charge in [0.2, 0.25) is 5.88 Å². The fraction of sp³-hybridized carbons (Fsp3) is 0.538. The van der Waals surface area contributed by atoms with Crippen LogP contribution in [0.25, 0.3) is 0 Å². The van der Waals surface area contributed by atoms with Crippen LogP contribution in [-0.4, -0.2) is 75.9 Å². The van der Waals surface area contributed by atoms with E-state index in [9.17, 15) is 14.7 Å². The average Bonchev–Trinajstić information content (AvgIpc) is 3.65. The molecular weight excluding hydrogens is 462 g/mol. The average molecular weight is 496 g/mol. The number of anilines is 1. The predicted octanol–water partition coefficient (Wildman–Crippen LogP) is 2.83. The van der Waals surface area contributed by atoms with Gasteiger partial charge < -0.3 is 29.5 Å². The zero-order valence-corrected chi connectivity index (χ0v) is 21.4. The molecule has 0 bridgehead atoms. The lowest BCUT2D eigenvalue weighted by Crippen LogP contribution is -2.50. The summed E-state index contributed by atoms with van der Waals surface area (Å²) in [6.45, 7) is 7.66. The summed E-state index contributed by atoms with van der Waals surface area (Å²) in [6, 6.07) is 0.976. The van der Waals surface area contributed by atoms with Crippen LogP contribution in [0.15, 0.2) is 16.8 Å². The first-order chi connectivity index (χ1) is 17.2. The number of aromatic nitrogens is 2. The molecule has 2 aromatic heterocycles. The molecule has 10 nitrogen and oxygen atoms in total. The number of ether oxygens (including phenoxy) is 1. The second-order valence-corrected chi connectivity index (χ2v) is 9.75. The summed E-state index contributed by atoms with van der Waals surface area (Å²) in [5, 5.41) is 16.5. The Labute approximate surface area is 211 Å². The molecule has 0 saturated heterocycles. The Kier molecular flexibility index (Phi) is 7.50. The van der Waals surface area contributed by atoms with Crippen molar-refractivity contribution in [2.75, 3.05) is 32.1 Å². The second-order valence-electron chi connectivity index (χ2n) is 9.75. The van der Waals surface area contributed by atoms with E-state index in [1.807, 2.05) is 6.92 Å². The van der Waals surface area contributed by atoms with Crippen molar-refractivity contribution in [3.05, 3.63) is 34.8 Å².